The lowest BCUT2D eigenvalue weighted by Gasteiger charge is -1.98. The van der Waals surface area contributed by atoms with Crippen molar-refractivity contribution in [3.63, 3.8) is 0 Å². The highest BCUT2D eigenvalue weighted by Crippen LogP contribution is 2.18. The molecular formula is C11H6ClFO2. The molecule has 2 aromatic rings. The molecule has 0 bridgehead atoms. The molecule has 0 atom stereocenters. The summed E-state index contributed by atoms with van der Waals surface area (Å²) in [5.74, 6) is -1.06. The van der Waals surface area contributed by atoms with Crippen LogP contribution in [-0.2, 0) is 0 Å². The first-order chi connectivity index (χ1) is 7.18. The number of furan rings is 1. The summed E-state index contributed by atoms with van der Waals surface area (Å²) in [7, 11) is 0. The summed E-state index contributed by atoms with van der Waals surface area (Å²) in [5.41, 5.74) is -0.0245. The zero-order valence-corrected chi connectivity index (χ0v) is 8.29. The molecule has 76 valence electrons. The maximum Gasteiger partial charge on any atom is 0.231 e. The van der Waals surface area contributed by atoms with Gasteiger partial charge in [0.25, 0.3) is 0 Å². The number of hydrogen-bond donors (Lipinski definition) is 0. The van der Waals surface area contributed by atoms with Crippen LogP contribution in [0.4, 0.5) is 4.39 Å². The maximum atomic E-state index is 13.2. The first-order valence-corrected chi connectivity index (χ1v) is 4.61. The van der Waals surface area contributed by atoms with Gasteiger partial charge in [-0.1, -0.05) is 12.1 Å². The lowest BCUT2D eigenvalue weighted by Crippen LogP contribution is -2.02. The Morgan fingerprint density at radius 3 is 2.53 bits per heavy atom. The molecule has 1 aromatic heterocycles. The molecule has 2 rings (SSSR count). The van der Waals surface area contributed by atoms with Crippen molar-refractivity contribution in [3.05, 3.63) is 58.8 Å². The van der Waals surface area contributed by atoms with Gasteiger partial charge < -0.3 is 4.42 Å². The fourth-order valence-corrected chi connectivity index (χ4v) is 1.36. The van der Waals surface area contributed by atoms with E-state index in [2.05, 4.69) is 0 Å². The highest BCUT2D eigenvalue weighted by molar-refractivity contribution is 6.29. The molecule has 0 unspecified atom stereocenters. The molecule has 0 fully saturated rings. The first-order valence-electron chi connectivity index (χ1n) is 4.23. The van der Waals surface area contributed by atoms with Crippen LogP contribution in [-0.4, -0.2) is 5.78 Å². The van der Waals surface area contributed by atoms with E-state index in [1.165, 1.54) is 30.3 Å². The second-order valence-electron chi connectivity index (χ2n) is 2.91. The van der Waals surface area contributed by atoms with Gasteiger partial charge in [0.2, 0.25) is 5.78 Å². The summed E-state index contributed by atoms with van der Waals surface area (Å²) in [4.78, 5) is 11.7. The molecular weight excluding hydrogens is 219 g/mol. The van der Waals surface area contributed by atoms with Crippen LogP contribution < -0.4 is 0 Å². The fraction of sp³-hybridized carbons (Fsp3) is 0. The third-order valence-corrected chi connectivity index (χ3v) is 2.12. The third-order valence-electron chi connectivity index (χ3n) is 1.92. The van der Waals surface area contributed by atoms with Gasteiger partial charge in [-0.05, 0) is 35.9 Å². The van der Waals surface area contributed by atoms with Crippen LogP contribution in [0.2, 0.25) is 5.22 Å². The molecule has 15 heavy (non-hydrogen) atoms. The molecule has 1 heterocycles. The van der Waals surface area contributed by atoms with Crippen LogP contribution in [0.25, 0.3) is 0 Å². The van der Waals surface area contributed by atoms with Crippen LogP contribution in [0.15, 0.2) is 40.8 Å². The zero-order chi connectivity index (χ0) is 10.8. The largest absolute Gasteiger partial charge is 0.441 e. The highest BCUT2D eigenvalue weighted by atomic mass is 35.5. The SMILES string of the molecule is O=C(c1ccc(Cl)o1)c1ccccc1F. The van der Waals surface area contributed by atoms with Crippen LogP contribution in [0.1, 0.15) is 16.1 Å². The lowest BCUT2D eigenvalue weighted by molar-refractivity contribution is 0.101. The Kier molecular flexibility index (Phi) is 2.56. The second-order valence-corrected chi connectivity index (χ2v) is 3.29. The Morgan fingerprint density at radius 2 is 1.93 bits per heavy atom. The molecule has 2 nitrogen and oxygen atoms in total. The molecule has 0 aliphatic rings. The molecule has 0 aliphatic heterocycles. The van der Waals surface area contributed by atoms with Gasteiger partial charge in [-0.15, -0.1) is 0 Å². The van der Waals surface area contributed by atoms with E-state index < -0.39 is 11.6 Å². The van der Waals surface area contributed by atoms with Crippen LogP contribution >= 0.6 is 11.6 Å². The van der Waals surface area contributed by atoms with E-state index in [-0.39, 0.29) is 16.5 Å². The molecule has 0 saturated carbocycles. The topological polar surface area (TPSA) is 30.2 Å². The Labute approximate surface area is 90.3 Å². The van der Waals surface area contributed by atoms with Crippen molar-refractivity contribution in [1.29, 1.82) is 0 Å². The van der Waals surface area contributed by atoms with Gasteiger partial charge in [-0.25, -0.2) is 4.39 Å². The molecule has 0 N–H and O–H groups in total. The third kappa shape index (κ3) is 1.92. The van der Waals surface area contributed by atoms with E-state index in [0.717, 1.165) is 0 Å². The number of rotatable bonds is 2. The van der Waals surface area contributed by atoms with E-state index in [4.69, 9.17) is 16.0 Å². The van der Waals surface area contributed by atoms with Gasteiger partial charge in [0.15, 0.2) is 11.0 Å². The van der Waals surface area contributed by atoms with Crippen molar-refractivity contribution in [2.75, 3.05) is 0 Å². The molecule has 1 aromatic carbocycles. The minimum Gasteiger partial charge on any atom is -0.441 e. The van der Waals surface area contributed by atoms with E-state index in [0.29, 0.717) is 0 Å². The zero-order valence-electron chi connectivity index (χ0n) is 7.54. The average molecular weight is 225 g/mol. The van der Waals surface area contributed by atoms with Crippen LogP contribution in [0, 0.1) is 5.82 Å². The van der Waals surface area contributed by atoms with E-state index in [1.807, 2.05) is 0 Å². The van der Waals surface area contributed by atoms with Gasteiger partial charge in [0, 0.05) is 0 Å². The van der Waals surface area contributed by atoms with Gasteiger partial charge in [0.05, 0.1) is 5.56 Å². The number of carbonyl (C=O) groups is 1. The van der Waals surface area contributed by atoms with Crippen molar-refractivity contribution < 1.29 is 13.6 Å². The molecule has 0 aliphatic carbocycles. The lowest BCUT2D eigenvalue weighted by atomic mass is 10.1. The summed E-state index contributed by atoms with van der Waals surface area (Å²) in [6.07, 6.45) is 0. The van der Waals surface area contributed by atoms with Crippen molar-refractivity contribution >= 4 is 17.4 Å². The summed E-state index contributed by atoms with van der Waals surface area (Å²) in [6.45, 7) is 0. The van der Waals surface area contributed by atoms with Crippen molar-refractivity contribution in [1.82, 2.24) is 0 Å². The Balaban J connectivity index is 2.41. The van der Waals surface area contributed by atoms with Crippen molar-refractivity contribution in [2.45, 2.75) is 0 Å². The minimum absolute atomic E-state index is 0.0245. The van der Waals surface area contributed by atoms with Gasteiger partial charge in [-0.2, -0.15) is 0 Å². The van der Waals surface area contributed by atoms with Crippen LogP contribution in [0.3, 0.4) is 0 Å². The van der Waals surface area contributed by atoms with E-state index in [1.54, 1.807) is 6.07 Å². The number of benzene rings is 1. The van der Waals surface area contributed by atoms with Crippen molar-refractivity contribution in [3.8, 4) is 0 Å². The number of ketones is 1. The molecule has 0 spiro atoms. The average Bonchev–Trinajstić information content (AvgIpc) is 2.65. The monoisotopic (exact) mass is 224 g/mol. The second kappa shape index (κ2) is 3.87. The summed E-state index contributed by atoms with van der Waals surface area (Å²) in [5, 5.41) is 0.106. The summed E-state index contributed by atoms with van der Waals surface area (Å²) >= 11 is 5.52. The summed E-state index contributed by atoms with van der Waals surface area (Å²) in [6, 6.07) is 8.57. The van der Waals surface area contributed by atoms with E-state index >= 15 is 0 Å². The Bertz CT molecular complexity index is 505. The van der Waals surface area contributed by atoms with Gasteiger partial charge in [-0.3, -0.25) is 4.79 Å². The predicted molar refractivity (Wildman–Crippen MR) is 53.6 cm³/mol. The molecule has 4 heteroatoms. The molecule has 0 radical (unpaired) electrons. The minimum atomic E-state index is -0.574. The Hall–Kier alpha value is -1.61. The fourth-order valence-electron chi connectivity index (χ4n) is 1.21. The van der Waals surface area contributed by atoms with Crippen molar-refractivity contribution in [2.24, 2.45) is 0 Å². The predicted octanol–water partition coefficient (Wildman–Crippen LogP) is 3.30. The number of carbonyl (C=O) groups excluding carboxylic acids is 1. The smallest absolute Gasteiger partial charge is 0.231 e. The molecule has 0 amide bonds. The highest BCUT2D eigenvalue weighted by Gasteiger charge is 2.16. The van der Waals surface area contributed by atoms with Crippen LogP contribution in [0.5, 0.6) is 0 Å². The van der Waals surface area contributed by atoms with Gasteiger partial charge >= 0.3 is 0 Å². The van der Waals surface area contributed by atoms with E-state index in [9.17, 15) is 9.18 Å². The molecule has 0 saturated heterocycles. The number of halogens is 2. The Morgan fingerprint density at radius 1 is 1.20 bits per heavy atom. The first kappa shape index (κ1) is 9.93. The maximum absolute atomic E-state index is 13.2. The normalized spacial score (nSPS) is 10.3. The summed E-state index contributed by atoms with van der Waals surface area (Å²) < 4.78 is 18.1. The van der Waals surface area contributed by atoms with Gasteiger partial charge in [0.1, 0.15) is 5.82 Å². The quantitative estimate of drug-likeness (QED) is 0.733. The standard InChI is InChI=1S/C11H6ClFO2/c12-10-6-5-9(15-10)11(14)7-3-1-2-4-8(7)13/h1-6H. The number of hydrogen-bond acceptors (Lipinski definition) is 2.